The number of hydrogen-bond acceptors (Lipinski definition) is 8. The van der Waals surface area contributed by atoms with Gasteiger partial charge in [-0.1, -0.05) is 0 Å². The number of pyridine rings is 1. The molecule has 0 aliphatic heterocycles. The van der Waals surface area contributed by atoms with Gasteiger partial charge < -0.3 is 18.9 Å². The van der Waals surface area contributed by atoms with Crippen LogP contribution < -0.4 is 18.9 Å². The number of aromatic nitrogens is 1. The fourth-order valence-corrected chi connectivity index (χ4v) is 3.10. The van der Waals surface area contributed by atoms with Gasteiger partial charge in [-0.05, 0) is 23.6 Å². The van der Waals surface area contributed by atoms with Crippen molar-refractivity contribution < 1.29 is 28.7 Å². The minimum atomic E-state index is -0.685. The molecule has 0 fully saturated rings. The van der Waals surface area contributed by atoms with Crippen LogP contribution in [0.1, 0.15) is 15.9 Å². The normalized spacial score (nSPS) is 10.1. The number of fused-ring (bicyclic) bond motifs is 1. The molecule has 0 aliphatic carbocycles. The van der Waals surface area contributed by atoms with Crippen LogP contribution in [0, 0.1) is 10.1 Å². The molecule has 0 unspecified atom stereocenters. The third-order valence-electron chi connectivity index (χ3n) is 4.44. The van der Waals surface area contributed by atoms with Crippen molar-refractivity contribution in [1.29, 1.82) is 0 Å². The molecular formula is C20H19ClN2O7. The van der Waals surface area contributed by atoms with Gasteiger partial charge in [-0.25, -0.2) is 0 Å². The maximum atomic E-state index is 13.3. The molecule has 2 aromatic carbocycles. The van der Waals surface area contributed by atoms with Gasteiger partial charge in [0, 0.05) is 29.4 Å². The van der Waals surface area contributed by atoms with Crippen molar-refractivity contribution in [2.75, 3.05) is 28.4 Å². The summed E-state index contributed by atoms with van der Waals surface area (Å²) >= 11 is 0. The number of methoxy groups -OCH3 is 4. The van der Waals surface area contributed by atoms with Crippen molar-refractivity contribution in [3.63, 3.8) is 0 Å². The van der Waals surface area contributed by atoms with E-state index in [1.54, 1.807) is 24.4 Å². The molecule has 0 saturated heterocycles. The van der Waals surface area contributed by atoms with Crippen LogP contribution in [0.25, 0.3) is 10.8 Å². The van der Waals surface area contributed by atoms with Gasteiger partial charge in [0.25, 0.3) is 0 Å². The first kappa shape index (κ1) is 22.7. The Morgan fingerprint density at radius 3 is 2.20 bits per heavy atom. The number of ether oxygens (including phenoxy) is 4. The van der Waals surface area contributed by atoms with Crippen LogP contribution in [0.4, 0.5) is 5.69 Å². The van der Waals surface area contributed by atoms with E-state index in [0.717, 1.165) is 0 Å². The number of hydrogen-bond donors (Lipinski definition) is 0. The van der Waals surface area contributed by atoms with Gasteiger partial charge >= 0.3 is 5.69 Å². The molecule has 1 heterocycles. The first-order valence-corrected chi connectivity index (χ1v) is 8.40. The number of halogens is 1. The van der Waals surface area contributed by atoms with Crippen LogP contribution in [-0.2, 0) is 0 Å². The molecule has 9 nitrogen and oxygen atoms in total. The van der Waals surface area contributed by atoms with E-state index in [1.807, 2.05) is 0 Å². The largest absolute Gasteiger partial charge is 0.497 e. The van der Waals surface area contributed by atoms with Crippen LogP contribution in [0.3, 0.4) is 0 Å². The van der Waals surface area contributed by atoms with Crippen LogP contribution in [0.15, 0.2) is 36.7 Å². The Balaban J connectivity index is 0.00000320. The minimum Gasteiger partial charge on any atom is -0.497 e. The van der Waals surface area contributed by atoms with Crippen molar-refractivity contribution in [2.24, 2.45) is 0 Å². The van der Waals surface area contributed by atoms with Crippen LogP contribution >= 0.6 is 12.4 Å². The molecule has 0 saturated carbocycles. The van der Waals surface area contributed by atoms with Gasteiger partial charge in [0.2, 0.25) is 17.3 Å². The van der Waals surface area contributed by atoms with E-state index < -0.39 is 16.4 Å². The number of nitrogens with zero attached hydrogens (tertiary/aromatic N) is 2. The fraction of sp³-hybridized carbons (Fsp3) is 0.200. The molecule has 0 N–H and O–H groups in total. The number of ketones is 1. The molecule has 1 aromatic heterocycles. The number of nitro groups is 1. The van der Waals surface area contributed by atoms with Gasteiger partial charge in [0.05, 0.1) is 33.4 Å². The van der Waals surface area contributed by atoms with Gasteiger partial charge in [-0.2, -0.15) is 0 Å². The highest BCUT2D eigenvalue weighted by atomic mass is 35.5. The van der Waals surface area contributed by atoms with Crippen molar-refractivity contribution in [3.05, 3.63) is 57.9 Å². The maximum Gasteiger partial charge on any atom is 0.326 e. The Hall–Kier alpha value is -3.59. The van der Waals surface area contributed by atoms with Gasteiger partial charge in [0.15, 0.2) is 5.75 Å². The molecule has 0 bridgehead atoms. The quantitative estimate of drug-likeness (QED) is 0.313. The average molecular weight is 435 g/mol. The zero-order chi connectivity index (χ0) is 21.1. The molecule has 0 aliphatic rings. The zero-order valence-corrected chi connectivity index (χ0v) is 17.4. The number of carbonyl (C=O) groups excluding carboxylic acids is 1. The lowest BCUT2D eigenvalue weighted by atomic mass is 9.97. The van der Waals surface area contributed by atoms with E-state index in [1.165, 1.54) is 40.7 Å². The molecule has 158 valence electrons. The molecule has 3 aromatic rings. The smallest absolute Gasteiger partial charge is 0.326 e. The Bertz CT molecular complexity index is 1120. The number of nitro benzene ring substituents is 1. The molecule has 0 radical (unpaired) electrons. The van der Waals surface area contributed by atoms with E-state index in [0.29, 0.717) is 16.5 Å². The Labute approximate surface area is 178 Å². The summed E-state index contributed by atoms with van der Waals surface area (Å²) in [7, 11) is 5.48. The molecule has 3 rings (SSSR count). The molecule has 30 heavy (non-hydrogen) atoms. The van der Waals surface area contributed by atoms with Crippen molar-refractivity contribution in [1.82, 2.24) is 4.98 Å². The predicted octanol–water partition coefficient (Wildman–Crippen LogP) is 3.83. The molecule has 10 heteroatoms. The monoisotopic (exact) mass is 434 g/mol. The molecular weight excluding hydrogens is 416 g/mol. The van der Waals surface area contributed by atoms with E-state index in [4.69, 9.17) is 18.9 Å². The zero-order valence-electron chi connectivity index (χ0n) is 16.6. The van der Waals surface area contributed by atoms with E-state index in [9.17, 15) is 14.9 Å². The molecule has 0 spiro atoms. The van der Waals surface area contributed by atoms with Crippen LogP contribution in [0.5, 0.6) is 23.0 Å². The van der Waals surface area contributed by atoms with Crippen molar-refractivity contribution in [2.45, 2.75) is 0 Å². The summed E-state index contributed by atoms with van der Waals surface area (Å²) in [6, 6.07) is 6.39. The summed E-state index contributed by atoms with van der Waals surface area (Å²) in [5, 5.41) is 13.0. The summed E-state index contributed by atoms with van der Waals surface area (Å²) < 4.78 is 20.8. The summed E-state index contributed by atoms with van der Waals surface area (Å²) in [5.74, 6) is -0.0378. The lowest BCUT2D eigenvalue weighted by Gasteiger charge is -2.15. The van der Waals surface area contributed by atoms with Gasteiger partial charge in [0.1, 0.15) is 11.3 Å². The highest BCUT2D eigenvalue weighted by Gasteiger charge is 2.33. The molecule has 0 amide bonds. The van der Waals surface area contributed by atoms with Crippen LogP contribution in [-0.4, -0.2) is 44.1 Å². The van der Waals surface area contributed by atoms with Crippen LogP contribution in [0.2, 0.25) is 0 Å². The lowest BCUT2D eigenvalue weighted by molar-refractivity contribution is -0.386. The number of benzene rings is 2. The van der Waals surface area contributed by atoms with Gasteiger partial charge in [-0.15, -0.1) is 12.4 Å². The Kier molecular flexibility index (Phi) is 7.01. The SMILES string of the molecule is COc1ccc2c(C(=O)c3cc(OC)c(OC)c(OC)c3[N+](=O)[O-])cncc2c1.Cl. The summed E-state index contributed by atoms with van der Waals surface area (Å²) in [5.41, 5.74) is -0.516. The second-order valence-electron chi connectivity index (χ2n) is 5.90. The molecule has 0 atom stereocenters. The average Bonchev–Trinajstić information content (AvgIpc) is 2.75. The number of rotatable bonds is 7. The first-order chi connectivity index (χ1) is 14.0. The number of carbonyl (C=O) groups is 1. The summed E-state index contributed by atoms with van der Waals surface area (Å²) in [6.45, 7) is 0. The van der Waals surface area contributed by atoms with Crippen molar-refractivity contribution >= 4 is 34.7 Å². The standard InChI is InChI=1S/C20H18N2O7.ClH/c1-26-12-5-6-13-11(7-12)9-21-10-15(13)18(23)14-8-16(27-2)19(28-3)20(29-4)17(14)22(24)25;/h5-10H,1-4H3;1H. The highest BCUT2D eigenvalue weighted by molar-refractivity contribution is 6.18. The minimum absolute atomic E-state index is 0. The second kappa shape index (κ2) is 9.27. The second-order valence-corrected chi connectivity index (χ2v) is 5.90. The maximum absolute atomic E-state index is 13.3. The highest BCUT2D eigenvalue weighted by Crippen LogP contribution is 2.47. The predicted molar refractivity (Wildman–Crippen MR) is 112 cm³/mol. The Morgan fingerprint density at radius 1 is 0.933 bits per heavy atom. The van der Waals surface area contributed by atoms with Crippen molar-refractivity contribution in [3.8, 4) is 23.0 Å². The van der Waals surface area contributed by atoms with E-state index in [-0.39, 0.29) is 40.8 Å². The summed E-state index contributed by atoms with van der Waals surface area (Å²) in [6.07, 6.45) is 2.95. The summed E-state index contributed by atoms with van der Waals surface area (Å²) in [4.78, 5) is 28.6. The van der Waals surface area contributed by atoms with Gasteiger partial charge in [-0.3, -0.25) is 19.9 Å². The van der Waals surface area contributed by atoms with E-state index >= 15 is 0 Å². The third kappa shape index (κ3) is 3.79. The van der Waals surface area contributed by atoms with E-state index in [2.05, 4.69) is 4.98 Å². The topological polar surface area (TPSA) is 110 Å². The fourth-order valence-electron chi connectivity index (χ4n) is 3.10. The first-order valence-electron chi connectivity index (χ1n) is 8.40. The Morgan fingerprint density at radius 2 is 1.63 bits per heavy atom. The lowest BCUT2D eigenvalue weighted by Crippen LogP contribution is -2.10. The third-order valence-corrected chi connectivity index (χ3v) is 4.44.